The molecule has 0 saturated heterocycles. The van der Waals surface area contributed by atoms with Gasteiger partial charge in [-0.05, 0) is 78.4 Å². The lowest BCUT2D eigenvalue weighted by Crippen LogP contribution is -2.27. The molecule has 0 fully saturated rings. The van der Waals surface area contributed by atoms with Gasteiger partial charge in [0.25, 0.3) is 5.91 Å². The lowest BCUT2D eigenvalue weighted by Gasteiger charge is -2.09. The zero-order chi connectivity index (χ0) is 18.4. The highest BCUT2D eigenvalue weighted by molar-refractivity contribution is 14.1. The maximum absolute atomic E-state index is 12.1. The first-order valence-corrected chi connectivity index (χ1v) is 8.89. The Labute approximate surface area is 161 Å². The molecule has 1 heterocycles. The fraction of sp³-hybridized carbons (Fsp3) is 0.263. The van der Waals surface area contributed by atoms with Crippen LogP contribution < -0.4 is 5.32 Å². The van der Waals surface area contributed by atoms with Crippen LogP contribution in [0.4, 0.5) is 0 Å². The molecule has 5 nitrogen and oxygen atoms in total. The van der Waals surface area contributed by atoms with E-state index in [-0.39, 0.29) is 5.57 Å². The predicted molar refractivity (Wildman–Crippen MR) is 106 cm³/mol. The smallest absolute Gasteiger partial charge is 0.262 e. The number of halogens is 1. The van der Waals surface area contributed by atoms with Gasteiger partial charge in [-0.15, -0.1) is 0 Å². The van der Waals surface area contributed by atoms with Crippen molar-refractivity contribution >= 4 is 34.6 Å². The number of nitriles is 1. The van der Waals surface area contributed by atoms with Crippen LogP contribution in [0.3, 0.4) is 0 Å². The number of carbonyl (C=O) groups excluding carboxylic acids is 1. The molecule has 1 amide bonds. The Morgan fingerprint density at radius 1 is 1.36 bits per heavy atom. The van der Waals surface area contributed by atoms with E-state index in [1.54, 1.807) is 13.2 Å². The van der Waals surface area contributed by atoms with E-state index in [1.807, 2.05) is 38.1 Å². The summed E-state index contributed by atoms with van der Waals surface area (Å²) in [4.78, 5) is 12.1. The second-order valence-electron chi connectivity index (χ2n) is 5.56. The number of nitrogens with zero attached hydrogens (tertiary/aromatic N) is 2. The van der Waals surface area contributed by atoms with Crippen molar-refractivity contribution in [3.05, 3.63) is 56.4 Å². The fourth-order valence-electron chi connectivity index (χ4n) is 2.59. The SMILES string of the molecule is COCCNC(=O)C(C#N)=Cc1cc(C)n(-c2ccc(I)cc2)c1C. The Bertz CT molecular complexity index is 830. The van der Waals surface area contributed by atoms with E-state index in [9.17, 15) is 10.1 Å². The minimum Gasteiger partial charge on any atom is -0.383 e. The monoisotopic (exact) mass is 449 g/mol. The van der Waals surface area contributed by atoms with Crippen LogP contribution in [0.5, 0.6) is 0 Å². The molecule has 0 aliphatic carbocycles. The summed E-state index contributed by atoms with van der Waals surface area (Å²) in [5, 5.41) is 12.0. The molecule has 6 heteroatoms. The van der Waals surface area contributed by atoms with E-state index in [0.29, 0.717) is 13.2 Å². The zero-order valence-electron chi connectivity index (χ0n) is 14.5. The van der Waals surface area contributed by atoms with E-state index in [2.05, 4.69) is 44.6 Å². The van der Waals surface area contributed by atoms with Crippen LogP contribution in [-0.2, 0) is 9.53 Å². The van der Waals surface area contributed by atoms with E-state index in [1.165, 1.54) is 3.57 Å². The topological polar surface area (TPSA) is 67.0 Å². The normalized spacial score (nSPS) is 11.2. The molecule has 2 rings (SSSR count). The van der Waals surface area contributed by atoms with Crippen LogP contribution in [0.2, 0.25) is 0 Å². The summed E-state index contributed by atoms with van der Waals surface area (Å²) in [6, 6.07) is 12.2. The summed E-state index contributed by atoms with van der Waals surface area (Å²) in [6.45, 7) is 4.77. The lowest BCUT2D eigenvalue weighted by atomic mass is 10.1. The van der Waals surface area contributed by atoms with Gasteiger partial charge in [-0.1, -0.05) is 0 Å². The Morgan fingerprint density at radius 3 is 2.64 bits per heavy atom. The number of aromatic nitrogens is 1. The molecule has 0 aliphatic rings. The Kier molecular flexibility index (Phi) is 6.79. The number of ether oxygens (including phenoxy) is 1. The average molecular weight is 449 g/mol. The third-order valence-electron chi connectivity index (χ3n) is 3.81. The second kappa shape index (κ2) is 8.83. The first-order valence-electron chi connectivity index (χ1n) is 7.81. The van der Waals surface area contributed by atoms with Gasteiger partial charge >= 0.3 is 0 Å². The Balaban J connectivity index is 2.33. The van der Waals surface area contributed by atoms with Gasteiger partial charge in [0.05, 0.1) is 6.61 Å². The molecule has 0 spiro atoms. The van der Waals surface area contributed by atoms with Gasteiger partial charge in [-0.3, -0.25) is 4.79 Å². The van der Waals surface area contributed by atoms with E-state index in [4.69, 9.17) is 4.74 Å². The molecule has 2 aromatic rings. The second-order valence-corrected chi connectivity index (χ2v) is 6.80. The van der Waals surface area contributed by atoms with Crippen LogP contribution in [0.1, 0.15) is 17.0 Å². The first-order chi connectivity index (χ1) is 12.0. The lowest BCUT2D eigenvalue weighted by molar-refractivity contribution is -0.117. The van der Waals surface area contributed by atoms with Crippen LogP contribution in [0.25, 0.3) is 11.8 Å². The number of methoxy groups -OCH3 is 1. The van der Waals surface area contributed by atoms with Crippen molar-refractivity contribution in [1.82, 2.24) is 9.88 Å². The van der Waals surface area contributed by atoms with Crippen LogP contribution in [0, 0.1) is 28.7 Å². The minimum absolute atomic E-state index is 0.0824. The van der Waals surface area contributed by atoms with Crippen molar-refractivity contribution in [2.75, 3.05) is 20.3 Å². The van der Waals surface area contributed by atoms with Crippen molar-refractivity contribution in [3.63, 3.8) is 0 Å². The van der Waals surface area contributed by atoms with Gasteiger partial charge in [-0.2, -0.15) is 5.26 Å². The molecule has 0 bridgehead atoms. The number of carbonyl (C=O) groups is 1. The summed E-state index contributed by atoms with van der Waals surface area (Å²) in [5.41, 5.74) is 4.02. The fourth-order valence-corrected chi connectivity index (χ4v) is 2.95. The molecular weight excluding hydrogens is 429 g/mol. The number of benzene rings is 1. The summed E-state index contributed by atoms with van der Waals surface area (Å²) in [6.07, 6.45) is 1.63. The maximum Gasteiger partial charge on any atom is 0.262 e. The van der Waals surface area contributed by atoms with Gasteiger partial charge in [-0.25, -0.2) is 0 Å². The van der Waals surface area contributed by atoms with Gasteiger partial charge < -0.3 is 14.6 Å². The number of rotatable bonds is 6. The van der Waals surface area contributed by atoms with Crippen molar-refractivity contribution in [2.45, 2.75) is 13.8 Å². The largest absolute Gasteiger partial charge is 0.383 e. The van der Waals surface area contributed by atoms with E-state index >= 15 is 0 Å². The molecule has 25 heavy (non-hydrogen) atoms. The summed E-state index contributed by atoms with van der Waals surface area (Å²) >= 11 is 2.27. The number of aryl methyl sites for hydroxylation is 1. The quantitative estimate of drug-likeness (QED) is 0.318. The predicted octanol–water partition coefficient (Wildman–Crippen LogP) is 3.37. The minimum atomic E-state index is -0.390. The Morgan fingerprint density at radius 2 is 2.04 bits per heavy atom. The molecule has 130 valence electrons. The van der Waals surface area contributed by atoms with Gasteiger partial charge in [0.2, 0.25) is 0 Å². The highest BCUT2D eigenvalue weighted by Crippen LogP contribution is 2.23. The van der Waals surface area contributed by atoms with E-state index in [0.717, 1.165) is 22.6 Å². The standard InChI is InChI=1S/C19H20IN3O2/c1-13-10-15(11-16(12-21)19(24)22-8-9-25-3)14(2)23(13)18-6-4-17(20)5-7-18/h4-7,10-11H,8-9H2,1-3H3,(H,22,24). The van der Waals surface area contributed by atoms with Crippen LogP contribution >= 0.6 is 22.6 Å². The molecule has 1 aromatic heterocycles. The average Bonchev–Trinajstić information content (AvgIpc) is 2.87. The first kappa shape index (κ1) is 19.2. The molecule has 1 aromatic carbocycles. The van der Waals surface area contributed by atoms with Gasteiger partial charge in [0.15, 0.2) is 0 Å². The third kappa shape index (κ3) is 4.71. The third-order valence-corrected chi connectivity index (χ3v) is 4.53. The Hall–Kier alpha value is -2.11. The number of nitrogens with one attached hydrogen (secondary N) is 1. The van der Waals surface area contributed by atoms with Crippen molar-refractivity contribution in [2.24, 2.45) is 0 Å². The van der Waals surface area contributed by atoms with Crippen molar-refractivity contribution < 1.29 is 9.53 Å². The van der Waals surface area contributed by atoms with Crippen LogP contribution in [0.15, 0.2) is 35.9 Å². The molecule has 0 radical (unpaired) electrons. The number of hydrogen-bond donors (Lipinski definition) is 1. The number of amides is 1. The highest BCUT2D eigenvalue weighted by Gasteiger charge is 2.13. The molecule has 0 unspecified atom stereocenters. The van der Waals surface area contributed by atoms with Gasteiger partial charge in [0, 0.05) is 34.3 Å². The number of hydrogen-bond acceptors (Lipinski definition) is 3. The molecular formula is C19H20IN3O2. The zero-order valence-corrected chi connectivity index (χ0v) is 16.6. The molecule has 0 saturated carbocycles. The molecule has 1 N–H and O–H groups in total. The van der Waals surface area contributed by atoms with Crippen molar-refractivity contribution in [3.8, 4) is 11.8 Å². The summed E-state index contributed by atoms with van der Waals surface area (Å²) in [7, 11) is 1.56. The highest BCUT2D eigenvalue weighted by atomic mass is 127. The molecule has 0 aliphatic heterocycles. The molecule has 0 atom stereocenters. The maximum atomic E-state index is 12.1. The summed E-state index contributed by atoms with van der Waals surface area (Å²) < 4.78 is 8.18. The summed E-state index contributed by atoms with van der Waals surface area (Å²) in [5.74, 6) is -0.390. The van der Waals surface area contributed by atoms with Crippen molar-refractivity contribution in [1.29, 1.82) is 5.26 Å². The van der Waals surface area contributed by atoms with Crippen LogP contribution in [-0.4, -0.2) is 30.7 Å². The van der Waals surface area contributed by atoms with Gasteiger partial charge in [0.1, 0.15) is 11.6 Å². The van der Waals surface area contributed by atoms with E-state index < -0.39 is 5.91 Å².